The number of rotatable bonds is 12. The SMILES string of the molecule is CCN(CC)CCCC(C)NC(=NC)NCc1cccc(OCC(N)=O)c1. The number of nitrogens with two attached hydrogens (primary N) is 1. The fourth-order valence-corrected chi connectivity index (χ4v) is 2.75. The van der Waals surface area contributed by atoms with Gasteiger partial charge in [-0.15, -0.1) is 0 Å². The fourth-order valence-electron chi connectivity index (χ4n) is 2.75. The number of aliphatic imine (C=N–C) groups is 1. The van der Waals surface area contributed by atoms with E-state index < -0.39 is 5.91 Å². The zero-order valence-corrected chi connectivity index (χ0v) is 17.1. The number of nitrogens with one attached hydrogen (secondary N) is 2. The van der Waals surface area contributed by atoms with Gasteiger partial charge < -0.3 is 26.0 Å². The largest absolute Gasteiger partial charge is 0.484 e. The lowest BCUT2D eigenvalue weighted by molar-refractivity contribution is -0.119. The van der Waals surface area contributed by atoms with Crippen LogP contribution in [0.5, 0.6) is 5.75 Å². The second-order valence-corrected chi connectivity index (χ2v) is 6.54. The van der Waals surface area contributed by atoms with Gasteiger partial charge in [0.1, 0.15) is 5.75 Å². The van der Waals surface area contributed by atoms with E-state index >= 15 is 0 Å². The van der Waals surface area contributed by atoms with Gasteiger partial charge in [0.15, 0.2) is 12.6 Å². The topological polar surface area (TPSA) is 92.0 Å². The van der Waals surface area contributed by atoms with E-state index in [9.17, 15) is 4.79 Å². The third-order valence-corrected chi connectivity index (χ3v) is 4.35. The summed E-state index contributed by atoms with van der Waals surface area (Å²) in [5.41, 5.74) is 6.14. The summed E-state index contributed by atoms with van der Waals surface area (Å²) in [5.74, 6) is 0.910. The highest BCUT2D eigenvalue weighted by Gasteiger charge is 2.07. The van der Waals surface area contributed by atoms with Crippen LogP contribution in [-0.4, -0.2) is 56.1 Å². The molecule has 0 bridgehead atoms. The van der Waals surface area contributed by atoms with Crippen molar-refractivity contribution in [2.75, 3.05) is 33.3 Å². The lowest BCUT2D eigenvalue weighted by Crippen LogP contribution is -2.42. The van der Waals surface area contributed by atoms with Crippen LogP contribution in [-0.2, 0) is 11.3 Å². The molecule has 27 heavy (non-hydrogen) atoms. The molecule has 1 rings (SSSR count). The smallest absolute Gasteiger partial charge is 0.255 e. The first kappa shape index (κ1) is 22.8. The van der Waals surface area contributed by atoms with Crippen molar-refractivity contribution in [2.45, 2.75) is 46.2 Å². The Kier molecular flexibility index (Phi) is 10.9. The van der Waals surface area contributed by atoms with E-state index in [1.54, 1.807) is 13.1 Å². The highest BCUT2D eigenvalue weighted by molar-refractivity contribution is 5.79. The van der Waals surface area contributed by atoms with Crippen molar-refractivity contribution in [1.82, 2.24) is 15.5 Å². The lowest BCUT2D eigenvalue weighted by Gasteiger charge is -2.21. The van der Waals surface area contributed by atoms with E-state index in [1.807, 2.05) is 18.2 Å². The molecule has 1 aromatic carbocycles. The van der Waals surface area contributed by atoms with Gasteiger partial charge in [-0.25, -0.2) is 0 Å². The van der Waals surface area contributed by atoms with E-state index in [0.29, 0.717) is 18.3 Å². The number of amides is 1. The standard InChI is InChI=1S/C20H35N5O2/c1-5-25(6-2)12-8-9-16(3)24-20(22-4)23-14-17-10-7-11-18(13-17)27-15-19(21)26/h7,10-11,13,16H,5-6,8-9,12,14-15H2,1-4H3,(H2,21,26)(H2,22,23,24). The molecular weight excluding hydrogens is 342 g/mol. The summed E-state index contributed by atoms with van der Waals surface area (Å²) in [7, 11) is 1.77. The van der Waals surface area contributed by atoms with Gasteiger partial charge in [0.05, 0.1) is 0 Å². The molecule has 0 aromatic heterocycles. The molecule has 0 saturated carbocycles. The zero-order chi connectivity index (χ0) is 20.1. The number of primary amides is 1. The maximum atomic E-state index is 10.8. The van der Waals surface area contributed by atoms with Gasteiger partial charge in [-0.3, -0.25) is 9.79 Å². The highest BCUT2D eigenvalue weighted by atomic mass is 16.5. The first-order chi connectivity index (χ1) is 13.0. The first-order valence-electron chi connectivity index (χ1n) is 9.68. The Bertz CT molecular complexity index is 587. The predicted octanol–water partition coefficient (Wildman–Crippen LogP) is 1.73. The fraction of sp³-hybridized carbons (Fsp3) is 0.600. The summed E-state index contributed by atoms with van der Waals surface area (Å²) >= 11 is 0. The number of ether oxygens (including phenoxy) is 1. The molecular formula is C20H35N5O2. The molecule has 0 aliphatic rings. The van der Waals surface area contributed by atoms with E-state index in [0.717, 1.165) is 44.0 Å². The van der Waals surface area contributed by atoms with Crippen molar-refractivity contribution < 1.29 is 9.53 Å². The molecule has 1 unspecified atom stereocenters. The molecule has 7 nitrogen and oxygen atoms in total. The minimum absolute atomic E-state index is 0.120. The molecule has 1 amide bonds. The Balaban J connectivity index is 2.41. The number of carbonyl (C=O) groups excluding carboxylic acids is 1. The van der Waals surface area contributed by atoms with Crippen LogP contribution in [0.1, 0.15) is 39.2 Å². The summed E-state index contributed by atoms with van der Waals surface area (Å²) in [6.45, 7) is 10.4. The molecule has 0 fully saturated rings. The Morgan fingerprint density at radius 3 is 2.70 bits per heavy atom. The van der Waals surface area contributed by atoms with Crippen molar-refractivity contribution in [3.63, 3.8) is 0 Å². The van der Waals surface area contributed by atoms with Crippen molar-refractivity contribution in [1.29, 1.82) is 0 Å². The van der Waals surface area contributed by atoms with Crippen LogP contribution in [0.2, 0.25) is 0 Å². The van der Waals surface area contributed by atoms with Crippen LogP contribution in [0.3, 0.4) is 0 Å². The number of nitrogens with zero attached hydrogens (tertiary/aromatic N) is 2. The third kappa shape index (κ3) is 9.84. The van der Waals surface area contributed by atoms with Crippen LogP contribution in [0, 0.1) is 0 Å². The molecule has 0 radical (unpaired) electrons. The van der Waals surface area contributed by atoms with Crippen LogP contribution in [0.4, 0.5) is 0 Å². The van der Waals surface area contributed by atoms with Gasteiger partial charge in [-0.2, -0.15) is 0 Å². The molecule has 0 saturated heterocycles. The van der Waals surface area contributed by atoms with Gasteiger partial charge in [0, 0.05) is 19.6 Å². The molecule has 0 aliphatic heterocycles. The zero-order valence-electron chi connectivity index (χ0n) is 17.1. The summed E-state index contributed by atoms with van der Waals surface area (Å²) in [6.07, 6.45) is 2.25. The maximum absolute atomic E-state index is 10.8. The molecule has 7 heteroatoms. The van der Waals surface area contributed by atoms with Crippen molar-refractivity contribution in [3.8, 4) is 5.75 Å². The average molecular weight is 378 g/mol. The molecule has 0 aliphatic carbocycles. The Hall–Kier alpha value is -2.28. The summed E-state index contributed by atoms with van der Waals surface area (Å²) in [6, 6.07) is 7.91. The summed E-state index contributed by atoms with van der Waals surface area (Å²) in [5, 5.41) is 6.74. The molecule has 0 heterocycles. The van der Waals surface area contributed by atoms with Crippen LogP contribution >= 0.6 is 0 Å². The molecule has 1 aromatic rings. The average Bonchev–Trinajstić information content (AvgIpc) is 2.67. The van der Waals surface area contributed by atoms with Gasteiger partial charge >= 0.3 is 0 Å². The van der Waals surface area contributed by atoms with Crippen LogP contribution < -0.4 is 21.1 Å². The minimum atomic E-state index is -0.488. The second kappa shape index (κ2) is 13.0. The Morgan fingerprint density at radius 1 is 1.33 bits per heavy atom. The van der Waals surface area contributed by atoms with E-state index in [-0.39, 0.29) is 6.61 Å². The number of carbonyl (C=O) groups is 1. The molecule has 152 valence electrons. The van der Waals surface area contributed by atoms with Gasteiger partial charge in [-0.05, 0) is 57.1 Å². The van der Waals surface area contributed by atoms with Gasteiger partial charge in [0.25, 0.3) is 5.91 Å². The maximum Gasteiger partial charge on any atom is 0.255 e. The normalized spacial score (nSPS) is 12.7. The predicted molar refractivity (Wildman–Crippen MR) is 111 cm³/mol. The van der Waals surface area contributed by atoms with E-state index in [4.69, 9.17) is 10.5 Å². The van der Waals surface area contributed by atoms with Crippen LogP contribution in [0.25, 0.3) is 0 Å². The van der Waals surface area contributed by atoms with Crippen LogP contribution in [0.15, 0.2) is 29.3 Å². The third-order valence-electron chi connectivity index (χ3n) is 4.35. The summed E-state index contributed by atoms with van der Waals surface area (Å²) in [4.78, 5) is 17.5. The first-order valence-corrected chi connectivity index (χ1v) is 9.68. The van der Waals surface area contributed by atoms with Crippen molar-refractivity contribution >= 4 is 11.9 Å². The lowest BCUT2D eigenvalue weighted by atomic mass is 10.2. The second-order valence-electron chi connectivity index (χ2n) is 6.54. The molecule has 1 atom stereocenters. The molecule has 4 N–H and O–H groups in total. The van der Waals surface area contributed by atoms with Crippen molar-refractivity contribution in [3.05, 3.63) is 29.8 Å². The van der Waals surface area contributed by atoms with Crippen molar-refractivity contribution in [2.24, 2.45) is 10.7 Å². The number of hydrogen-bond acceptors (Lipinski definition) is 4. The van der Waals surface area contributed by atoms with Gasteiger partial charge in [0.2, 0.25) is 0 Å². The quantitative estimate of drug-likeness (QED) is 0.381. The van der Waals surface area contributed by atoms with E-state index in [2.05, 4.69) is 41.3 Å². The highest BCUT2D eigenvalue weighted by Crippen LogP contribution is 2.13. The number of benzene rings is 1. The number of hydrogen-bond donors (Lipinski definition) is 3. The Morgan fingerprint density at radius 2 is 2.07 bits per heavy atom. The van der Waals surface area contributed by atoms with E-state index in [1.165, 1.54) is 0 Å². The number of guanidine groups is 1. The minimum Gasteiger partial charge on any atom is -0.484 e. The summed E-state index contributed by atoms with van der Waals surface area (Å²) < 4.78 is 5.34. The Labute approximate surface area is 163 Å². The monoisotopic (exact) mass is 377 g/mol. The molecule has 0 spiro atoms. The van der Waals surface area contributed by atoms with Gasteiger partial charge in [-0.1, -0.05) is 26.0 Å².